The molecule has 0 unspecified atom stereocenters. The number of amides is 1. The number of benzene rings is 2. The number of hydrogen-bond donors (Lipinski definition) is 1. The summed E-state index contributed by atoms with van der Waals surface area (Å²) in [6.07, 6.45) is -0.923. The van der Waals surface area contributed by atoms with Crippen molar-refractivity contribution in [2.75, 3.05) is 5.32 Å². The maximum atomic E-state index is 12.4. The van der Waals surface area contributed by atoms with Crippen LogP contribution in [0.2, 0.25) is 0 Å². The van der Waals surface area contributed by atoms with Crippen LogP contribution in [-0.2, 0) is 16.6 Å². The first-order chi connectivity index (χ1) is 12.4. The summed E-state index contributed by atoms with van der Waals surface area (Å²) < 4.78 is 7.02. The van der Waals surface area contributed by atoms with E-state index in [4.69, 9.17) is 4.74 Å². The molecule has 1 atom stereocenters. The van der Waals surface area contributed by atoms with Gasteiger partial charge in [0.2, 0.25) is 0 Å². The van der Waals surface area contributed by atoms with Gasteiger partial charge in [-0.25, -0.2) is 4.79 Å². The van der Waals surface area contributed by atoms with Crippen molar-refractivity contribution in [3.8, 4) is 0 Å². The van der Waals surface area contributed by atoms with Crippen molar-refractivity contribution in [1.82, 2.24) is 9.78 Å². The van der Waals surface area contributed by atoms with Crippen LogP contribution < -0.4 is 5.32 Å². The van der Waals surface area contributed by atoms with Crippen molar-refractivity contribution in [2.45, 2.75) is 26.9 Å². The number of hydrogen-bond acceptors (Lipinski definition) is 4. The SMILES string of the molecule is Cc1nn(C)c(C)c1NC(=O)[C@H](C)OC(=O)c1ccc2ccccc2c1. The second kappa shape index (κ2) is 7.00. The van der Waals surface area contributed by atoms with Crippen LogP contribution in [0.1, 0.15) is 28.7 Å². The van der Waals surface area contributed by atoms with E-state index in [0.29, 0.717) is 16.9 Å². The first-order valence-electron chi connectivity index (χ1n) is 8.37. The van der Waals surface area contributed by atoms with Gasteiger partial charge in [0.05, 0.1) is 22.6 Å². The Bertz CT molecular complexity index is 991. The lowest BCUT2D eigenvalue weighted by Gasteiger charge is -2.14. The molecule has 0 radical (unpaired) electrons. The van der Waals surface area contributed by atoms with Crippen LogP contribution in [0.4, 0.5) is 5.69 Å². The molecule has 1 amide bonds. The first-order valence-corrected chi connectivity index (χ1v) is 8.37. The molecule has 3 aromatic rings. The molecule has 1 aromatic heterocycles. The van der Waals surface area contributed by atoms with Gasteiger partial charge in [-0.2, -0.15) is 5.10 Å². The number of nitrogens with zero attached hydrogens (tertiary/aromatic N) is 2. The number of anilines is 1. The van der Waals surface area contributed by atoms with Crippen molar-refractivity contribution in [3.63, 3.8) is 0 Å². The summed E-state index contributed by atoms with van der Waals surface area (Å²) >= 11 is 0. The minimum Gasteiger partial charge on any atom is -0.449 e. The highest BCUT2D eigenvalue weighted by atomic mass is 16.5. The van der Waals surface area contributed by atoms with Crippen LogP contribution in [0.15, 0.2) is 42.5 Å². The number of aryl methyl sites for hydroxylation is 2. The number of carbonyl (C=O) groups excluding carboxylic acids is 2. The van der Waals surface area contributed by atoms with Gasteiger partial charge in [0.1, 0.15) is 0 Å². The molecule has 26 heavy (non-hydrogen) atoms. The quantitative estimate of drug-likeness (QED) is 0.732. The Morgan fingerprint density at radius 2 is 1.81 bits per heavy atom. The lowest BCUT2D eigenvalue weighted by Crippen LogP contribution is -2.30. The summed E-state index contributed by atoms with van der Waals surface area (Å²) in [5.41, 5.74) is 2.61. The van der Waals surface area contributed by atoms with Crippen LogP contribution in [-0.4, -0.2) is 27.8 Å². The maximum Gasteiger partial charge on any atom is 0.338 e. The van der Waals surface area contributed by atoms with Gasteiger partial charge in [0, 0.05) is 7.05 Å². The zero-order chi connectivity index (χ0) is 18.8. The summed E-state index contributed by atoms with van der Waals surface area (Å²) in [4.78, 5) is 24.8. The molecule has 0 bridgehead atoms. The second-order valence-corrected chi connectivity index (χ2v) is 6.27. The molecular weight excluding hydrogens is 330 g/mol. The zero-order valence-electron chi connectivity index (χ0n) is 15.2. The third-order valence-electron chi connectivity index (χ3n) is 4.40. The molecule has 0 aliphatic rings. The molecule has 0 aliphatic carbocycles. The van der Waals surface area contributed by atoms with E-state index in [1.807, 2.05) is 44.2 Å². The minimum atomic E-state index is -0.923. The average Bonchev–Trinajstić information content (AvgIpc) is 2.87. The van der Waals surface area contributed by atoms with Crippen molar-refractivity contribution >= 4 is 28.3 Å². The van der Waals surface area contributed by atoms with Crippen LogP contribution in [0.25, 0.3) is 10.8 Å². The largest absolute Gasteiger partial charge is 0.449 e. The van der Waals surface area contributed by atoms with Gasteiger partial charge in [-0.15, -0.1) is 0 Å². The summed E-state index contributed by atoms with van der Waals surface area (Å²) in [6.45, 7) is 5.23. The molecule has 0 saturated carbocycles. The van der Waals surface area contributed by atoms with Crippen molar-refractivity contribution < 1.29 is 14.3 Å². The minimum absolute atomic E-state index is 0.390. The van der Waals surface area contributed by atoms with Gasteiger partial charge < -0.3 is 10.1 Å². The lowest BCUT2D eigenvalue weighted by molar-refractivity contribution is -0.123. The van der Waals surface area contributed by atoms with Crippen LogP contribution in [0, 0.1) is 13.8 Å². The van der Waals surface area contributed by atoms with E-state index < -0.39 is 18.0 Å². The molecule has 1 N–H and O–H groups in total. The fourth-order valence-electron chi connectivity index (χ4n) is 2.78. The Kier molecular flexibility index (Phi) is 4.75. The number of aromatic nitrogens is 2. The van der Waals surface area contributed by atoms with E-state index in [9.17, 15) is 9.59 Å². The molecule has 0 aliphatic heterocycles. The van der Waals surface area contributed by atoms with E-state index >= 15 is 0 Å². The highest BCUT2D eigenvalue weighted by Gasteiger charge is 2.21. The predicted octanol–water partition coefficient (Wildman–Crippen LogP) is 3.37. The fourth-order valence-corrected chi connectivity index (χ4v) is 2.78. The fraction of sp³-hybridized carbons (Fsp3) is 0.250. The number of carbonyl (C=O) groups is 2. The van der Waals surface area contributed by atoms with Gasteiger partial charge in [-0.3, -0.25) is 9.48 Å². The Morgan fingerprint density at radius 1 is 1.12 bits per heavy atom. The summed E-state index contributed by atoms with van der Waals surface area (Å²) in [5.74, 6) is -0.920. The van der Waals surface area contributed by atoms with Crippen LogP contribution in [0.3, 0.4) is 0 Å². The first kappa shape index (κ1) is 17.7. The van der Waals surface area contributed by atoms with Gasteiger partial charge in [0.25, 0.3) is 5.91 Å². The lowest BCUT2D eigenvalue weighted by atomic mass is 10.1. The Balaban J connectivity index is 1.70. The van der Waals surface area contributed by atoms with Crippen molar-refractivity contribution in [2.24, 2.45) is 7.05 Å². The summed E-state index contributed by atoms with van der Waals surface area (Å²) in [7, 11) is 1.81. The molecule has 0 fully saturated rings. The average molecular weight is 351 g/mol. The Labute approximate surface area is 151 Å². The Morgan fingerprint density at radius 3 is 2.46 bits per heavy atom. The normalized spacial score (nSPS) is 12.0. The monoisotopic (exact) mass is 351 g/mol. The number of esters is 1. The van der Waals surface area contributed by atoms with E-state index in [1.54, 1.807) is 30.8 Å². The zero-order valence-corrected chi connectivity index (χ0v) is 15.2. The highest BCUT2D eigenvalue weighted by molar-refractivity contribution is 5.99. The highest BCUT2D eigenvalue weighted by Crippen LogP contribution is 2.20. The molecule has 0 spiro atoms. The van der Waals surface area contributed by atoms with Gasteiger partial charge in [-0.05, 0) is 43.7 Å². The van der Waals surface area contributed by atoms with E-state index in [0.717, 1.165) is 16.5 Å². The number of ether oxygens (including phenoxy) is 1. The van der Waals surface area contributed by atoms with Crippen molar-refractivity contribution in [3.05, 3.63) is 59.4 Å². The van der Waals surface area contributed by atoms with Crippen LogP contribution >= 0.6 is 0 Å². The second-order valence-electron chi connectivity index (χ2n) is 6.27. The Hall–Kier alpha value is -3.15. The number of fused-ring (bicyclic) bond motifs is 1. The molecular formula is C20H21N3O3. The molecule has 3 rings (SSSR count). The molecule has 1 heterocycles. The standard InChI is InChI=1S/C20H21N3O3/c1-12-18(13(2)23(4)22-12)21-19(24)14(3)26-20(25)17-10-9-15-7-5-6-8-16(15)11-17/h5-11,14H,1-4H3,(H,21,24)/t14-/m0/s1. The summed E-state index contributed by atoms with van der Waals surface area (Å²) in [6, 6.07) is 13.1. The van der Waals surface area contributed by atoms with Gasteiger partial charge >= 0.3 is 5.97 Å². The van der Waals surface area contributed by atoms with Crippen LogP contribution in [0.5, 0.6) is 0 Å². The predicted molar refractivity (Wildman–Crippen MR) is 100 cm³/mol. The number of rotatable bonds is 4. The van der Waals surface area contributed by atoms with Gasteiger partial charge in [-0.1, -0.05) is 30.3 Å². The topological polar surface area (TPSA) is 73.2 Å². The molecule has 0 saturated heterocycles. The van der Waals surface area contributed by atoms with Crippen molar-refractivity contribution in [1.29, 1.82) is 0 Å². The van der Waals surface area contributed by atoms with E-state index in [-0.39, 0.29) is 0 Å². The molecule has 2 aromatic carbocycles. The molecule has 134 valence electrons. The number of nitrogens with one attached hydrogen (secondary N) is 1. The third-order valence-corrected chi connectivity index (χ3v) is 4.40. The van der Waals surface area contributed by atoms with E-state index in [1.165, 1.54) is 0 Å². The molecule has 6 nitrogen and oxygen atoms in total. The molecule has 6 heteroatoms. The maximum absolute atomic E-state index is 12.4. The summed E-state index contributed by atoms with van der Waals surface area (Å²) in [5, 5.41) is 9.02. The van der Waals surface area contributed by atoms with E-state index in [2.05, 4.69) is 10.4 Å². The van der Waals surface area contributed by atoms with Gasteiger partial charge in [0.15, 0.2) is 6.10 Å². The smallest absolute Gasteiger partial charge is 0.338 e. The third kappa shape index (κ3) is 3.44.